The highest BCUT2D eigenvalue weighted by atomic mass is 16.2. The standard InChI is InChI=1S/C21H29N7O/c1-2-22-21(26-18-9-10-19-24-15-25-28(19)14-18)23-11-5-8-20(29)27-12-16-6-3-4-7-17(16)13-27/h3-4,6-7,15,18H,2,5,8-14H2,1H3,(H2,22,23,26). The van der Waals surface area contributed by atoms with Gasteiger partial charge < -0.3 is 15.5 Å². The van der Waals surface area contributed by atoms with Gasteiger partial charge in [-0.15, -0.1) is 0 Å². The first-order chi connectivity index (χ1) is 14.2. The normalized spacial score (nSPS) is 18.3. The van der Waals surface area contributed by atoms with Gasteiger partial charge >= 0.3 is 0 Å². The van der Waals surface area contributed by atoms with Crippen LogP contribution >= 0.6 is 0 Å². The topological polar surface area (TPSA) is 87.4 Å². The Morgan fingerprint density at radius 2 is 2.07 bits per heavy atom. The molecule has 8 heteroatoms. The third kappa shape index (κ3) is 4.75. The highest BCUT2D eigenvalue weighted by Crippen LogP contribution is 2.22. The Bertz CT molecular complexity index is 850. The van der Waals surface area contributed by atoms with Crippen LogP contribution in [0.2, 0.25) is 0 Å². The molecular weight excluding hydrogens is 366 g/mol. The van der Waals surface area contributed by atoms with E-state index >= 15 is 0 Å². The molecule has 4 rings (SSSR count). The van der Waals surface area contributed by atoms with Gasteiger partial charge in [0.25, 0.3) is 0 Å². The Morgan fingerprint density at radius 1 is 1.28 bits per heavy atom. The number of aliphatic imine (C=N–C) groups is 1. The molecule has 0 spiro atoms. The summed E-state index contributed by atoms with van der Waals surface area (Å²) in [4.78, 5) is 23.4. The molecule has 0 aliphatic carbocycles. The van der Waals surface area contributed by atoms with Crippen molar-refractivity contribution in [1.29, 1.82) is 0 Å². The second-order valence-corrected chi connectivity index (χ2v) is 7.62. The van der Waals surface area contributed by atoms with E-state index in [1.54, 1.807) is 6.33 Å². The number of carbonyl (C=O) groups is 1. The Kier molecular flexibility index (Phi) is 6.07. The molecule has 0 bridgehead atoms. The first-order valence-corrected chi connectivity index (χ1v) is 10.5. The number of nitrogens with one attached hydrogen (secondary N) is 2. The van der Waals surface area contributed by atoms with Gasteiger partial charge in [0, 0.05) is 45.1 Å². The molecule has 2 aliphatic heterocycles. The van der Waals surface area contributed by atoms with Gasteiger partial charge in [0.15, 0.2) is 5.96 Å². The van der Waals surface area contributed by atoms with E-state index in [9.17, 15) is 4.79 Å². The second-order valence-electron chi connectivity index (χ2n) is 7.62. The molecule has 1 aromatic carbocycles. The zero-order chi connectivity index (χ0) is 20.1. The van der Waals surface area contributed by atoms with Crippen molar-refractivity contribution < 1.29 is 4.79 Å². The van der Waals surface area contributed by atoms with Crippen LogP contribution in [0, 0.1) is 0 Å². The summed E-state index contributed by atoms with van der Waals surface area (Å²) in [6.45, 7) is 5.75. The van der Waals surface area contributed by atoms with Crippen LogP contribution in [0.4, 0.5) is 0 Å². The van der Waals surface area contributed by atoms with Crippen molar-refractivity contribution in [2.24, 2.45) is 4.99 Å². The molecule has 2 N–H and O–H groups in total. The van der Waals surface area contributed by atoms with Crippen LogP contribution in [-0.4, -0.2) is 50.7 Å². The first-order valence-electron chi connectivity index (χ1n) is 10.5. The minimum Gasteiger partial charge on any atom is -0.357 e. The molecule has 1 unspecified atom stereocenters. The number of rotatable bonds is 6. The fourth-order valence-electron chi connectivity index (χ4n) is 3.96. The largest absolute Gasteiger partial charge is 0.357 e. The summed E-state index contributed by atoms with van der Waals surface area (Å²) in [5.74, 6) is 2.06. The molecule has 154 valence electrons. The number of carbonyl (C=O) groups excluding carboxylic acids is 1. The molecule has 1 atom stereocenters. The summed E-state index contributed by atoms with van der Waals surface area (Å²) >= 11 is 0. The maximum atomic E-state index is 12.5. The summed E-state index contributed by atoms with van der Waals surface area (Å²) in [6.07, 6.45) is 4.83. The van der Waals surface area contributed by atoms with Crippen LogP contribution in [0.25, 0.3) is 0 Å². The minimum absolute atomic E-state index is 0.209. The molecule has 29 heavy (non-hydrogen) atoms. The van der Waals surface area contributed by atoms with Gasteiger partial charge in [-0.2, -0.15) is 5.10 Å². The minimum atomic E-state index is 0.209. The molecule has 2 aromatic rings. The van der Waals surface area contributed by atoms with Crippen LogP contribution in [0.1, 0.15) is 43.1 Å². The van der Waals surface area contributed by atoms with Crippen molar-refractivity contribution in [3.05, 3.63) is 47.5 Å². The van der Waals surface area contributed by atoms with E-state index in [0.717, 1.165) is 57.2 Å². The fraction of sp³-hybridized carbons (Fsp3) is 0.524. The van der Waals surface area contributed by atoms with Crippen molar-refractivity contribution >= 4 is 11.9 Å². The lowest BCUT2D eigenvalue weighted by molar-refractivity contribution is -0.131. The van der Waals surface area contributed by atoms with E-state index in [1.807, 2.05) is 21.7 Å². The second kappa shape index (κ2) is 9.07. The summed E-state index contributed by atoms with van der Waals surface area (Å²) in [7, 11) is 0. The van der Waals surface area contributed by atoms with Gasteiger partial charge in [0.1, 0.15) is 12.2 Å². The SMILES string of the molecule is CCNC(=NCCCC(=O)N1Cc2ccccc2C1)NC1CCc2ncnn2C1. The van der Waals surface area contributed by atoms with E-state index in [-0.39, 0.29) is 11.9 Å². The summed E-state index contributed by atoms with van der Waals surface area (Å²) in [6, 6.07) is 8.56. The molecular formula is C21H29N7O. The highest BCUT2D eigenvalue weighted by Gasteiger charge is 2.22. The van der Waals surface area contributed by atoms with E-state index in [2.05, 4.69) is 44.8 Å². The first kappa shape index (κ1) is 19.4. The Morgan fingerprint density at radius 3 is 2.83 bits per heavy atom. The van der Waals surface area contributed by atoms with E-state index in [4.69, 9.17) is 0 Å². The van der Waals surface area contributed by atoms with Crippen molar-refractivity contribution in [3.63, 3.8) is 0 Å². The van der Waals surface area contributed by atoms with Crippen LogP contribution in [-0.2, 0) is 30.8 Å². The molecule has 3 heterocycles. The number of benzene rings is 1. The predicted molar refractivity (Wildman–Crippen MR) is 111 cm³/mol. The quantitative estimate of drug-likeness (QED) is 0.439. The van der Waals surface area contributed by atoms with Gasteiger partial charge in [-0.05, 0) is 30.9 Å². The molecule has 8 nitrogen and oxygen atoms in total. The monoisotopic (exact) mass is 395 g/mol. The third-order valence-electron chi connectivity index (χ3n) is 5.50. The summed E-state index contributed by atoms with van der Waals surface area (Å²) in [5, 5.41) is 11.1. The Labute approximate surface area is 171 Å². The lowest BCUT2D eigenvalue weighted by atomic mass is 10.1. The maximum Gasteiger partial charge on any atom is 0.223 e. The van der Waals surface area contributed by atoms with Crippen LogP contribution in [0.5, 0.6) is 0 Å². The Balaban J connectivity index is 1.23. The van der Waals surface area contributed by atoms with Gasteiger partial charge in [0.2, 0.25) is 5.91 Å². The number of aryl methyl sites for hydroxylation is 1. The van der Waals surface area contributed by atoms with Gasteiger partial charge in [-0.3, -0.25) is 9.79 Å². The predicted octanol–water partition coefficient (Wildman–Crippen LogP) is 1.47. The number of hydrogen-bond acceptors (Lipinski definition) is 4. The van der Waals surface area contributed by atoms with Crippen LogP contribution in [0.15, 0.2) is 35.6 Å². The molecule has 1 aromatic heterocycles. The molecule has 0 saturated heterocycles. The molecule has 2 aliphatic rings. The maximum absolute atomic E-state index is 12.5. The smallest absolute Gasteiger partial charge is 0.223 e. The van der Waals surface area contributed by atoms with E-state index in [1.165, 1.54) is 11.1 Å². The lowest BCUT2D eigenvalue weighted by Gasteiger charge is -2.25. The summed E-state index contributed by atoms with van der Waals surface area (Å²) in [5.41, 5.74) is 2.53. The fourth-order valence-corrected chi connectivity index (χ4v) is 3.96. The van der Waals surface area contributed by atoms with Gasteiger partial charge in [-0.1, -0.05) is 24.3 Å². The lowest BCUT2D eigenvalue weighted by Crippen LogP contribution is -2.47. The van der Waals surface area contributed by atoms with Crippen molar-refractivity contribution in [1.82, 2.24) is 30.3 Å². The highest BCUT2D eigenvalue weighted by molar-refractivity contribution is 5.80. The molecule has 0 saturated carbocycles. The number of fused-ring (bicyclic) bond motifs is 2. The number of aromatic nitrogens is 3. The summed E-state index contributed by atoms with van der Waals surface area (Å²) < 4.78 is 1.96. The third-order valence-corrected chi connectivity index (χ3v) is 5.50. The van der Waals surface area contributed by atoms with E-state index in [0.29, 0.717) is 13.0 Å². The Hall–Kier alpha value is -2.90. The van der Waals surface area contributed by atoms with Crippen molar-refractivity contribution in [2.45, 2.75) is 58.3 Å². The van der Waals surface area contributed by atoms with Gasteiger partial charge in [0.05, 0.1) is 6.54 Å². The van der Waals surface area contributed by atoms with Crippen molar-refractivity contribution in [2.75, 3.05) is 13.1 Å². The number of nitrogens with zero attached hydrogens (tertiary/aromatic N) is 5. The van der Waals surface area contributed by atoms with Gasteiger partial charge in [-0.25, -0.2) is 9.67 Å². The van der Waals surface area contributed by atoms with Crippen LogP contribution in [0.3, 0.4) is 0 Å². The number of guanidine groups is 1. The molecule has 0 fully saturated rings. The van der Waals surface area contributed by atoms with Crippen molar-refractivity contribution in [3.8, 4) is 0 Å². The van der Waals surface area contributed by atoms with E-state index < -0.39 is 0 Å². The average molecular weight is 396 g/mol. The van der Waals surface area contributed by atoms with Crippen LogP contribution < -0.4 is 10.6 Å². The molecule has 1 amide bonds. The molecule has 0 radical (unpaired) electrons. The zero-order valence-corrected chi connectivity index (χ0v) is 17.0. The zero-order valence-electron chi connectivity index (χ0n) is 17.0. The number of hydrogen-bond donors (Lipinski definition) is 2. The average Bonchev–Trinajstić information content (AvgIpc) is 3.37. The number of amides is 1.